The van der Waals surface area contributed by atoms with Crippen molar-refractivity contribution in [2.24, 2.45) is 0 Å². The van der Waals surface area contributed by atoms with Crippen LogP contribution in [-0.4, -0.2) is 14.7 Å². The van der Waals surface area contributed by atoms with Gasteiger partial charge in [-0.2, -0.15) is 5.10 Å². The first-order valence-corrected chi connectivity index (χ1v) is 6.30. The van der Waals surface area contributed by atoms with Crippen LogP contribution in [0.4, 0.5) is 11.4 Å². The molecule has 1 aromatic heterocycles. The Bertz CT molecular complexity index is 779. The fraction of sp³-hybridized carbons (Fsp3) is 0. The van der Waals surface area contributed by atoms with Crippen molar-refractivity contribution in [2.75, 3.05) is 5.73 Å². The molecule has 6 heteroatoms. The molecule has 0 aliphatic carbocycles. The van der Waals surface area contributed by atoms with Gasteiger partial charge < -0.3 is 5.73 Å². The van der Waals surface area contributed by atoms with Gasteiger partial charge >= 0.3 is 0 Å². The van der Waals surface area contributed by atoms with Crippen LogP contribution < -0.4 is 5.73 Å². The van der Waals surface area contributed by atoms with E-state index in [9.17, 15) is 10.1 Å². The second-order valence-electron chi connectivity index (χ2n) is 4.52. The van der Waals surface area contributed by atoms with Crippen LogP contribution in [0.1, 0.15) is 0 Å². The number of nitrogen functional groups attached to an aromatic ring is 1. The number of nitro groups is 1. The molecular formula is C15H12N4O2. The van der Waals surface area contributed by atoms with Crippen LogP contribution in [0.25, 0.3) is 16.9 Å². The number of nitrogens with two attached hydrogens (primary N) is 1. The third-order valence-electron chi connectivity index (χ3n) is 3.11. The van der Waals surface area contributed by atoms with Gasteiger partial charge in [-0.1, -0.05) is 30.3 Å². The molecule has 6 nitrogen and oxygen atoms in total. The molecule has 3 rings (SSSR count). The zero-order valence-electron chi connectivity index (χ0n) is 11.0. The van der Waals surface area contributed by atoms with Crippen LogP contribution in [0.5, 0.6) is 0 Å². The van der Waals surface area contributed by atoms with E-state index >= 15 is 0 Å². The molecule has 0 atom stereocenters. The molecule has 3 aromatic rings. The summed E-state index contributed by atoms with van der Waals surface area (Å²) in [7, 11) is 0. The fourth-order valence-corrected chi connectivity index (χ4v) is 2.07. The van der Waals surface area contributed by atoms with Crippen molar-refractivity contribution in [3.63, 3.8) is 0 Å². The van der Waals surface area contributed by atoms with E-state index in [4.69, 9.17) is 5.73 Å². The molecule has 21 heavy (non-hydrogen) atoms. The molecule has 0 unspecified atom stereocenters. The lowest BCUT2D eigenvalue weighted by atomic mass is 10.1. The molecule has 104 valence electrons. The first-order valence-electron chi connectivity index (χ1n) is 6.30. The monoisotopic (exact) mass is 280 g/mol. The first kappa shape index (κ1) is 12.9. The van der Waals surface area contributed by atoms with Gasteiger partial charge in [-0.05, 0) is 12.1 Å². The molecule has 0 aliphatic heterocycles. The summed E-state index contributed by atoms with van der Waals surface area (Å²) in [4.78, 5) is 10.2. The minimum atomic E-state index is -0.434. The van der Waals surface area contributed by atoms with E-state index in [1.807, 2.05) is 30.3 Å². The second-order valence-corrected chi connectivity index (χ2v) is 4.52. The normalized spacial score (nSPS) is 10.5. The summed E-state index contributed by atoms with van der Waals surface area (Å²) in [6.45, 7) is 0. The number of nitro benzene ring substituents is 1. The molecule has 2 aromatic carbocycles. The van der Waals surface area contributed by atoms with Crippen molar-refractivity contribution in [3.8, 4) is 16.9 Å². The van der Waals surface area contributed by atoms with Crippen molar-refractivity contribution in [1.29, 1.82) is 0 Å². The number of nitrogens with zero attached hydrogens (tertiary/aromatic N) is 3. The lowest BCUT2D eigenvalue weighted by molar-refractivity contribution is -0.384. The van der Waals surface area contributed by atoms with Gasteiger partial charge in [0.05, 0.1) is 22.5 Å². The molecular weight excluding hydrogens is 268 g/mol. The number of rotatable bonds is 3. The Morgan fingerprint density at radius 2 is 1.71 bits per heavy atom. The van der Waals surface area contributed by atoms with Gasteiger partial charge in [0.15, 0.2) is 0 Å². The molecule has 0 amide bonds. The lowest BCUT2D eigenvalue weighted by Crippen LogP contribution is -1.95. The van der Waals surface area contributed by atoms with E-state index in [1.54, 1.807) is 23.0 Å². The van der Waals surface area contributed by atoms with E-state index in [2.05, 4.69) is 5.10 Å². The molecule has 0 spiro atoms. The molecule has 0 aliphatic rings. The van der Waals surface area contributed by atoms with Crippen molar-refractivity contribution in [1.82, 2.24) is 9.78 Å². The average molecular weight is 280 g/mol. The van der Waals surface area contributed by atoms with Crippen LogP contribution in [0.15, 0.2) is 60.8 Å². The molecule has 0 saturated heterocycles. The SMILES string of the molecule is Nc1cn(-c2ccc([N+](=O)[O-])cc2)nc1-c1ccccc1. The van der Waals surface area contributed by atoms with Gasteiger partial charge in [0.25, 0.3) is 5.69 Å². The van der Waals surface area contributed by atoms with Crippen LogP contribution in [0, 0.1) is 10.1 Å². The Morgan fingerprint density at radius 3 is 2.33 bits per heavy atom. The zero-order valence-corrected chi connectivity index (χ0v) is 11.0. The Kier molecular flexibility index (Phi) is 3.12. The number of hydrogen-bond donors (Lipinski definition) is 1. The molecule has 0 bridgehead atoms. The maximum Gasteiger partial charge on any atom is 0.269 e. The van der Waals surface area contributed by atoms with Gasteiger partial charge in [0, 0.05) is 17.7 Å². The summed E-state index contributed by atoms with van der Waals surface area (Å²) in [5, 5.41) is 15.1. The largest absolute Gasteiger partial charge is 0.396 e. The summed E-state index contributed by atoms with van der Waals surface area (Å²) >= 11 is 0. The van der Waals surface area contributed by atoms with E-state index < -0.39 is 4.92 Å². The smallest absolute Gasteiger partial charge is 0.269 e. The van der Waals surface area contributed by atoms with Gasteiger partial charge in [-0.25, -0.2) is 4.68 Å². The molecule has 0 saturated carbocycles. The van der Waals surface area contributed by atoms with Gasteiger partial charge in [0.2, 0.25) is 0 Å². The van der Waals surface area contributed by atoms with E-state index in [0.29, 0.717) is 11.4 Å². The lowest BCUT2D eigenvalue weighted by Gasteiger charge is -2.00. The number of aromatic nitrogens is 2. The van der Waals surface area contributed by atoms with Crippen molar-refractivity contribution >= 4 is 11.4 Å². The Labute approximate surface area is 120 Å². The van der Waals surface area contributed by atoms with Crippen LogP contribution in [0.2, 0.25) is 0 Å². The topological polar surface area (TPSA) is 87.0 Å². The van der Waals surface area contributed by atoms with Gasteiger partial charge in [0.1, 0.15) is 5.69 Å². The van der Waals surface area contributed by atoms with Crippen molar-refractivity contribution in [3.05, 3.63) is 70.9 Å². The van der Waals surface area contributed by atoms with Crippen molar-refractivity contribution < 1.29 is 4.92 Å². The quantitative estimate of drug-likeness (QED) is 0.590. The Hall–Kier alpha value is -3.15. The van der Waals surface area contributed by atoms with Gasteiger partial charge in [-0.3, -0.25) is 10.1 Å². The standard InChI is InChI=1S/C15H12N4O2/c16-14-10-18(12-6-8-13(9-7-12)19(20)21)17-15(14)11-4-2-1-3-5-11/h1-10H,16H2. The molecule has 0 fully saturated rings. The molecule has 0 radical (unpaired) electrons. The average Bonchev–Trinajstić information content (AvgIpc) is 2.90. The van der Waals surface area contributed by atoms with E-state index in [0.717, 1.165) is 11.3 Å². The molecule has 1 heterocycles. The predicted octanol–water partition coefficient (Wildman–Crippen LogP) is 3.03. The maximum atomic E-state index is 10.7. The molecule has 2 N–H and O–H groups in total. The number of benzene rings is 2. The number of non-ortho nitro benzene ring substituents is 1. The summed E-state index contributed by atoms with van der Waals surface area (Å²) in [6, 6.07) is 15.8. The zero-order chi connectivity index (χ0) is 14.8. The summed E-state index contributed by atoms with van der Waals surface area (Å²) in [6.07, 6.45) is 1.70. The fourth-order valence-electron chi connectivity index (χ4n) is 2.07. The first-order chi connectivity index (χ1) is 10.1. The third kappa shape index (κ3) is 2.46. The van der Waals surface area contributed by atoms with Crippen LogP contribution >= 0.6 is 0 Å². The minimum absolute atomic E-state index is 0.0437. The summed E-state index contributed by atoms with van der Waals surface area (Å²) in [5.41, 5.74) is 8.93. The minimum Gasteiger partial charge on any atom is -0.396 e. The maximum absolute atomic E-state index is 10.7. The highest BCUT2D eigenvalue weighted by molar-refractivity contribution is 5.72. The second kappa shape index (κ2) is 5.09. The highest BCUT2D eigenvalue weighted by Crippen LogP contribution is 2.25. The van der Waals surface area contributed by atoms with E-state index in [1.165, 1.54) is 12.1 Å². The third-order valence-corrected chi connectivity index (χ3v) is 3.11. The van der Waals surface area contributed by atoms with Crippen LogP contribution in [-0.2, 0) is 0 Å². The number of anilines is 1. The Morgan fingerprint density at radius 1 is 1.05 bits per heavy atom. The predicted molar refractivity (Wildman–Crippen MR) is 80.1 cm³/mol. The Balaban J connectivity index is 1.99. The summed E-state index contributed by atoms with van der Waals surface area (Å²) < 4.78 is 1.61. The van der Waals surface area contributed by atoms with Crippen LogP contribution in [0.3, 0.4) is 0 Å². The number of hydrogen-bond acceptors (Lipinski definition) is 4. The highest BCUT2D eigenvalue weighted by Gasteiger charge is 2.10. The summed E-state index contributed by atoms with van der Waals surface area (Å²) in [5.74, 6) is 0. The van der Waals surface area contributed by atoms with Crippen molar-refractivity contribution in [2.45, 2.75) is 0 Å². The van der Waals surface area contributed by atoms with E-state index in [-0.39, 0.29) is 5.69 Å². The van der Waals surface area contributed by atoms with Gasteiger partial charge in [-0.15, -0.1) is 0 Å². The highest BCUT2D eigenvalue weighted by atomic mass is 16.6.